The maximum Gasteiger partial charge on any atom is 0.288 e. The number of rotatable bonds is 3. The second-order valence-electron chi connectivity index (χ2n) is 5.59. The molecule has 8 heteroatoms. The van der Waals surface area contributed by atoms with Crippen molar-refractivity contribution in [3.05, 3.63) is 63.7 Å². The molecule has 0 saturated carbocycles. The van der Waals surface area contributed by atoms with Gasteiger partial charge in [0.05, 0.1) is 22.2 Å². The Morgan fingerprint density at radius 1 is 1.46 bits per heavy atom. The SMILES string of the molecule is Cc1ncc([N+](=O)[O-])cc1C(=O)N1CCNCC1c1cccnc1. The molecule has 2 aromatic heterocycles. The summed E-state index contributed by atoms with van der Waals surface area (Å²) in [5, 5.41) is 14.2. The minimum absolute atomic E-state index is 0.168. The number of aromatic nitrogens is 2. The van der Waals surface area contributed by atoms with E-state index in [-0.39, 0.29) is 23.2 Å². The molecule has 1 aliphatic heterocycles. The summed E-state index contributed by atoms with van der Waals surface area (Å²) in [5.74, 6) is -0.251. The minimum atomic E-state index is -0.542. The number of nitrogens with zero attached hydrogens (tertiary/aromatic N) is 4. The van der Waals surface area contributed by atoms with Crippen LogP contribution in [0.4, 0.5) is 5.69 Å². The highest BCUT2D eigenvalue weighted by Gasteiger charge is 2.30. The standard InChI is InChI=1S/C16H17N5O3/c1-11-14(7-13(9-19-11)21(23)24)16(22)20-6-5-18-10-15(20)12-3-2-4-17-8-12/h2-4,7-9,15,18H,5-6,10H2,1H3. The summed E-state index contributed by atoms with van der Waals surface area (Å²) in [6.45, 7) is 3.47. The predicted molar refractivity (Wildman–Crippen MR) is 86.5 cm³/mol. The van der Waals surface area contributed by atoms with Gasteiger partial charge < -0.3 is 10.2 Å². The smallest absolute Gasteiger partial charge is 0.288 e. The number of pyridine rings is 2. The first-order valence-corrected chi connectivity index (χ1v) is 7.60. The molecule has 2 aromatic rings. The Balaban J connectivity index is 1.95. The lowest BCUT2D eigenvalue weighted by molar-refractivity contribution is -0.385. The normalized spacial score (nSPS) is 17.5. The van der Waals surface area contributed by atoms with Gasteiger partial charge in [-0.1, -0.05) is 6.07 Å². The molecule has 0 bridgehead atoms. The predicted octanol–water partition coefficient (Wildman–Crippen LogP) is 1.48. The van der Waals surface area contributed by atoms with E-state index in [1.807, 2.05) is 12.1 Å². The zero-order valence-electron chi connectivity index (χ0n) is 13.2. The van der Waals surface area contributed by atoms with Crippen molar-refractivity contribution in [1.29, 1.82) is 0 Å². The van der Waals surface area contributed by atoms with Crippen molar-refractivity contribution in [2.24, 2.45) is 0 Å². The first kappa shape index (κ1) is 16.0. The quantitative estimate of drug-likeness (QED) is 0.677. The number of carbonyl (C=O) groups excluding carboxylic acids is 1. The van der Waals surface area contributed by atoms with Crippen LogP contribution >= 0.6 is 0 Å². The van der Waals surface area contributed by atoms with Crippen LogP contribution in [0.3, 0.4) is 0 Å². The molecule has 1 N–H and O–H groups in total. The van der Waals surface area contributed by atoms with Crippen LogP contribution in [-0.2, 0) is 0 Å². The molecule has 124 valence electrons. The average Bonchev–Trinajstić information content (AvgIpc) is 2.62. The highest BCUT2D eigenvalue weighted by Crippen LogP contribution is 2.25. The lowest BCUT2D eigenvalue weighted by Gasteiger charge is -2.36. The number of hydrogen-bond acceptors (Lipinski definition) is 6. The number of piperazine rings is 1. The largest absolute Gasteiger partial charge is 0.329 e. The van der Waals surface area contributed by atoms with Crippen molar-refractivity contribution in [3.63, 3.8) is 0 Å². The monoisotopic (exact) mass is 327 g/mol. The molecule has 8 nitrogen and oxygen atoms in total. The molecular weight excluding hydrogens is 310 g/mol. The molecule has 1 fully saturated rings. The molecule has 0 spiro atoms. The Labute approximate surface area is 138 Å². The van der Waals surface area contributed by atoms with Crippen LogP contribution in [-0.4, -0.2) is 45.3 Å². The van der Waals surface area contributed by atoms with Crippen LogP contribution in [0.1, 0.15) is 27.7 Å². The summed E-state index contributed by atoms with van der Waals surface area (Å²) in [6, 6.07) is 4.88. The zero-order chi connectivity index (χ0) is 17.1. The highest BCUT2D eigenvalue weighted by atomic mass is 16.6. The van der Waals surface area contributed by atoms with Crippen LogP contribution < -0.4 is 5.32 Å². The third-order valence-corrected chi connectivity index (χ3v) is 4.09. The maximum atomic E-state index is 13.0. The van der Waals surface area contributed by atoms with E-state index in [1.54, 1.807) is 24.2 Å². The summed E-state index contributed by atoms with van der Waals surface area (Å²) in [6.07, 6.45) is 4.58. The third-order valence-electron chi connectivity index (χ3n) is 4.09. The van der Waals surface area contributed by atoms with Gasteiger partial charge in [0.2, 0.25) is 0 Å². The van der Waals surface area contributed by atoms with Gasteiger partial charge in [0, 0.05) is 38.1 Å². The number of nitro groups is 1. The third kappa shape index (κ3) is 3.09. The van der Waals surface area contributed by atoms with Crippen molar-refractivity contribution >= 4 is 11.6 Å². The fourth-order valence-electron chi connectivity index (χ4n) is 2.81. The van der Waals surface area contributed by atoms with Crippen LogP contribution in [0, 0.1) is 17.0 Å². The number of amides is 1. The molecule has 0 radical (unpaired) electrons. The van der Waals surface area contributed by atoms with Gasteiger partial charge in [0.1, 0.15) is 6.20 Å². The Kier molecular flexibility index (Phi) is 4.48. The molecule has 0 aromatic carbocycles. The minimum Gasteiger partial charge on any atom is -0.329 e. The van der Waals surface area contributed by atoms with Crippen molar-refractivity contribution in [2.45, 2.75) is 13.0 Å². The lowest BCUT2D eigenvalue weighted by atomic mass is 10.0. The molecule has 3 heterocycles. The molecule has 1 unspecified atom stereocenters. The number of aryl methyl sites for hydroxylation is 1. The fraction of sp³-hybridized carbons (Fsp3) is 0.312. The fourth-order valence-corrected chi connectivity index (χ4v) is 2.81. The number of nitrogens with one attached hydrogen (secondary N) is 1. The zero-order valence-corrected chi connectivity index (χ0v) is 13.2. The van der Waals surface area contributed by atoms with E-state index < -0.39 is 4.92 Å². The molecule has 0 aliphatic carbocycles. The lowest BCUT2D eigenvalue weighted by Crippen LogP contribution is -2.48. The van der Waals surface area contributed by atoms with E-state index in [0.29, 0.717) is 25.3 Å². The van der Waals surface area contributed by atoms with Gasteiger partial charge >= 0.3 is 0 Å². The van der Waals surface area contributed by atoms with Gasteiger partial charge in [-0.25, -0.2) is 0 Å². The number of carbonyl (C=O) groups is 1. The Morgan fingerprint density at radius 2 is 2.29 bits per heavy atom. The topological polar surface area (TPSA) is 101 Å². The van der Waals surface area contributed by atoms with Crippen molar-refractivity contribution in [1.82, 2.24) is 20.2 Å². The summed E-state index contributed by atoms with van der Waals surface area (Å²) < 4.78 is 0. The first-order chi connectivity index (χ1) is 11.6. The van der Waals surface area contributed by atoms with Crippen LogP contribution in [0.2, 0.25) is 0 Å². The molecule has 3 rings (SSSR count). The van der Waals surface area contributed by atoms with E-state index in [1.165, 1.54) is 12.3 Å². The Morgan fingerprint density at radius 3 is 3.00 bits per heavy atom. The second kappa shape index (κ2) is 6.71. The van der Waals surface area contributed by atoms with Crippen LogP contribution in [0.5, 0.6) is 0 Å². The van der Waals surface area contributed by atoms with Gasteiger partial charge in [0.25, 0.3) is 11.6 Å². The van der Waals surface area contributed by atoms with Crippen LogP contribution in [0.25, 0.3) is 0 Å². The Hall–Kier alpha value is -2.87. The molecule has 1 atom stereocenters. The Bertz CT molecular complexity index is 766. The second-order valence-corrected chi connectivity index (χ2v) is 5.59. The molecule has 24 heavy (non-hydrogen) atoms. The van der Waals surface area contributed by atoms with Crippen LogP contribution in [0.15, 0.2) is 36.8 Å². The highest BCUT2D eigenvalue weighted by molar-refractivity contribution is 5.96. The molecule has 1 aliphatic rings. The van der Waals surface area contributed by atoms with E-state index in [9.17, 15) is 14.9 Å². The van der Waals surface area contributed by atoms with E-state index >= 15 is 0 Å². The van der Waals surface area contributed by atoms with E-state index in [4.69, 9.17) is 0 Å². The summed E-state index contributed by atoms with van der Waals surface area (Å²) in [5.41, 5.74) is 1.49. The van der Waals surface area contributed by atoms with Gasteiger partial charge in [-0.2, -0.15) is 0 Å². The molecular formula is C16H17N5O3. The summed E-state index contributed by atoms with van der Waals surface area (Å²) >= 11 is 0. The summed E-state index contributed by atoms with van der Waals surface area (Å²) in [7, 11) is 0. The first-order valence-electron chi connectivity index (χ1n) is 7.60. The summed E-state index contributed by atoms with van der Waals surface area (Å²) in [4.78, 5) is 33.3. The van der Waals surface area contributed by atoms with E-state index in [2.05, 4.69) is 15.3 Å². The van der Waals surface area contributed by atoms with E-state index in [0.717, 1.165) is 5.56 Å². The van der Waals surface area contributed by atoms with Crippen molar-refractivity contribution < 1.29 is 9.72 Å². The molecule has 1 amide bonds. The maximum absolute atomic E-state index is 13.0. The van der Waals surface area contributed by atoms with Gasteiger partial charge in [0.15, 0.2) is 0 Å². The molecule has 1 saturated heterocycles. The van der Waals surface area contributed by atoms with Crippen molar-refractivity contribution in [3.8, 4) is 0 Å². The number of hydrogen-bond donors (Lipinski definition) is 1. The van der Waals surface area contributed by atoms with Gasteiger partial charge in [-0.3, -0.25) is 24.9 Å². The average molecular weight is 327 g/mol. The van der Waals surface area contributed by atoms with Crippen molar-refractivity contribution in [2.75, 3.05) is 19.6 Å². The van der Waals surface area contributed by atoms with Gasteiger partial charge in [-0.15, -0.1) is 0 Å². The van der Waals surface area contributed by atoms with Gasteiger partial charge in [-0.05, 0) is 18.6 Å².